The number of hydrogen-bond acceptors (Lipinski definition) is 2. The molecule has 1 aliphatic carbocycles. The van der Waals surface area contributed by atoms with Crippen molar-refractivity contribution in [3.8, 4) is 11.1 Å². The van der Waals surface area contributed by atoms with Crippen LogP contribution in [0.2, 0.25) is 0 Å². The van der Waals surface area contributed by atoms with Crippen molar-refractivity contribution in [3.63, 3.8) is 0 Å². The van der Waals surface area contributed by atoms with E-state index >= 15 is 0 Å². The second-order valence-electron chi connectivity index (χ2n) is 8.00. The molecule has 2 nitrogen and oxygen atoms in total. The Morgan fingerprint density at radius 2 is 1.59 bits per heavy atom. The molecule has 4 rings (SSSR count). The van der Waals surface area contributed by atoms with Crippen LogP contribution in [0.15, 0.2) is 72.8 Å². The number of anilines is 1. The molecule has 0 aromatic heterocycles. The Labute approximate surface area is 162 Å². The lowest BCUT2D eigenvalue weighted by atomic mass is 9.99. The summed E-state index contributed by atoms with van der Waals surface area (Å²) >= 11 is 0. The summed E-state index contributed by atoms with van der Waals surface area (Å²) in [6, 6.07) is 25.8. The molecule has 27 heavy (non-hydrogen) atoms. The number of rotatable bonds is 7. The van der Waals surface area contributed by atoms with Crippen LogP contribution in [0.5, 0.6) is 0 Å². The zero-order chi connectivity index (χ0) is 18.7. The largest absolute Gasteiger partial charge is 0.380 e. The van der Waals surface area contributed by atoms with Crippen molar-refractivity contribution < 1.29 is 4.74 Å². The van der Waals surface area contributed by atoms with Gasteiger partial charge in [-0.1, -0.05) is 60.7 Å². The van der Waals surface area contributed by atoms with E-state index in [-0.39, 0.29) is 5.54 Å². The summed E-state index contributed by atoms with van der Waals surface area (Å²) in [4.78, 5) is 0. The Morgan fingerprint density at radius 1 is 0.852 bits per heavy atom. The standard InChI is InChI=1S/C25H27NO/c1-25(2,14-15-27-18-19-8-4-3-5-9-19)26-22-12-13-24-21(17-22)16-20-10-6-7-11-23(20)24/h3-13,17,26H,14-16,18H2,1-2H3. The second-order valence-corrected chi connectivity index (χ2v) is 8.00. The molecule has 2 heteroatoms. The van der Waals surface area contributed by atoms with Gasteiger partial charge in [-0.3, -0.25) is 0 Å². The summed E-state index contributed by atoms with van der Waals surface area (Å²) in [6.45, 7) is 5.89. The molecule has 138 valence electrons. The summed E-state index contributed by atoms with van der Waals surface area (Å²) < 4.78 is 5.87. The topological polar surface area (TPSA) is 21.3 Å². The van der Waals surface area contributed by atoms with Gasteiger partial charge >= 0.3 is 0 Å². The van der Waals surface area contributed by atoms with Gasteiger partial charge in [0.05, 0.1) is 6.61 Å². The molecule has 0 saturated carbocycles. The molecule has 0 aliphatic heterocycles. The highest BCUT2D eigenvalue weighted by Crippen LogP contribution is 2.38. The van der Waals surface area contributed by atoms with Crippen molar-refractivity contribution in [2.75, 3.05) is 11.9 Å². The molecular formula is C25H27NO. The molecule has 1 aliphatic rings. The van der Waals surface area contributed by atoms with Crippen molar-refractivity contribution in [1.82, 2.24) is 0 Å². The van der Waals surface area contributed by atoms with Crippen LogP contribution in [0.3, 0.4) is 0 Å². The highest BCUT2D eigenvalue weighted by molar-refractivity contribution is 5.78. The lowest BCUT2D eigenvalue weighted by molar-refractivity contribution is 0.109. The molecule has 0 atom stereocenters. The van der Waals surface area contributed by atoms with E-state index in [0.717, 1.165) is 19.4 Å². The molecule has 3 aromatic carbocycles. The maximum Gasteiger partial charge on any atom is 0.0716 e. The maximum absolute atomic E-state index is 5.87. The van der Waals surface area contributed by atoms with Crippen LogP contribution < -0.4 is 5.32 Å². The quantitative estimate of drug-likeness (QED) is 0.406. The minimum Gasteiger partial charge on any atom is -0.380 e. The van der Waals surface area contributed by atoms with Crippen molar-refractivity contribution >= 4 is 5.69 Å². The van der Waals surface area contributed by atoms with Crippen LogP contribution in [0.4, 0.5) is 5.69 Å². The fraction of sp³-hybridized carbons (Fsp3) is 0.280. The third kappa shape index (κ3) is 4.23. The van der Waals surface area contributed by atoms with Gasteiger partial charge in [0.2, 0.25) is 0 Å². The van der Waals surface area contributed by atoms with Crippen LogP contribution in [0, 0.1) is 0 Å². The molecule has 0 fully saturated rings. The SMILES string of the molecule is CC(C)(CCOCc1ccccc1)Nc1ccc2c(c1)Cc1ccccc1-2. The van der Waals surface area contributed by atoms with E-state index in [1.165, 1.54) is 33.5 Å². The number of hydrogen-bond donors (Lipinski definition) is 1. The molecule has 0 amide bonds. The number of nitrogens with one attached hydrogen (secondary N) is 1. The zero-order valence-corrected chi connectivity index (χ0v) is 16.2. The normalized spacial score (nSPS) is 12.5. The predicted molar refractivity (Wildman–Crippen MR) is 113 cm³/mol. The van der Waals surface area contributed by atoms with Gasteiger partial charge in [0.15, 0.2) is 0 Å². The molecule has 0 saturated heterocycles. The maximum atomic E-state index is 5.87. The summed E-state index contributed by atoms with van der Waals surface area (Å²) in [7, 11) is 0. The van der Waals surface area contributed by atoms with E-state index in [9.17, 15) is 0 Å². The number of ether oxygens (including phenoxy) is 1. The van der Waals surface area contributed by atoms with Gasteiger partial charge in [-0.05, 0) is 66.6 Å². The summed E-state index contributed by atoms with van der Waals surface area (Å²) in [5.41, 5.74) is 8.00. The molecular weight excluding hydrogens is 330 g/mol. The molecule has 0 bridgehead atoms. The zero-order valence-electron chi connectivity index (χ0n) is 16.2. The van der Waals surface area contributed by atoms with Crippen molar-refractivity contribution in [2.24, 2.45) is 0 Å². The predicted octanol–water partition coefficient (Wildman–Crippen LogP) is 6.06. The Hall–Kier alpha value is -2.58. The van der Waals surface area contributed by atoms with Crippen LogP contribution in [-0.4, -0.2) is 12.1 Å². The van der Waals surface area contributed by atoms with Gasteiger partial charge in [0.1, 0.15) is 0 Å². The average Bonchev–Trinajstić information content (AvgIpc) is 3.03. The molecule has 3 aromatic rings. The molecule has 0 radical (unpaired) electrons. The van der Waals surface area contributed by atoms with Gasteiger partial charge in [-0.25, -0.2) is 0 Å². The molecule has 0 spiro atoms. The Morgan fingerprint density at radius 3 is 2.44 bits per heavy atom. The highest BCUT2D eigenvalue weighted by Gasteiger charge is 2.21. The van der Waals surface area contributed by atoms with Gasteiger partial charge in [0, 0.05) is 17.8 Å². The van der Waals surface area contributed by atoms with E-state index in [1.807, 2.05) is 6.07 Å². The van der Waals surface area contributed by atoms with Crippen molar-refractivity contribution in [1.29, 1.82) is 0 Å². The molecule has 0 unspecified atom stereocenters. The van der Waals surface area contributed by atoms with E-state index in [2.05, 4.69) is 85.9 Å². The van der Waals surface area contributed by atoms with Gasteiger partial charge in [0.25, 0.3) is 0 Å². The van der Waals surface area contributed by atoms with E-state index in [1.54, 1.807) is 0 Å². The first kappa shape index (κ1) is 17.8. The highest BCUT2D eigenvalue weighted by atomic mass is 16.5. The number of fused-ring (bicyclic) bond motifs is 3. The minimum atomic E-state index is -0.0175. The smallest absolute Gasteiger partial charge is 0.0716 e. The number of benzene rings is 3. The Bertz CT molecular complexity index is 915. The van der Waals surface area contributed by atoms with E-state index < -0.39 is 0 Å². The first-order valence-corrected chi connectivity index (χ1v) is 9.72. The first-order chi connectivity index (χ1) is 13.1. The van der Waals surface area contributed by atoms with Gasteiger partial charge in [-0.15, -0.1) is 0 Å². The van der Waals surface area contributed by atoms with Crippen LogP contribution in [-0.2, 0) is 17.8 Å². The summed E-state index contributed by atoms with van der Waals surface area (Å²) in [5, 5.41) is 3.69. The van der Waals surface area contributed by atoms with Crippen molar-refractivity contribution in [3.05, 3.63) is 89.5 Å². The Kier molecular flexibility index (Phi) is 5.00. The van der Waals surface area contributed by atoms with E-state index in [0.29, 0.717) is 6.61 Å². The summed E-state index contributed by atoms with van der Waals surface area (Å²) in [6.07, 6.45) is 1.98. The van der Waals surface area contributed by atoms with Crippen molar-refractivity contribution in [2.45, 2.75) is 38.8 Å². The van der Waals surface area contributed by atoms with Gasteiger partial charge in [-0.2, -0.15) is 0 Å². The monoisotopic (exact) mass is 357 g/mol. The minimum absolute atomic E-state index is 0.0175. The lowest BCUT2D eigenvalue weighted by Crippen LogP contribution is -2.32. The van der Waals surface area contributed by atoms with Crippen LogP contribution in [0.25, 0.3) is 11.1 Å². The fourth-order valence-corrected chi connectivity index (χ4v) is 3.77. The van der Waals surface area contributed by atoms with Crippen LogP contribution in [0.1, 0.15) is 37.0 Å². The van der Waals surface area contributed by atoms with E-state index in [4.69, 9.17) is 4.74 Å². The molecule has 0 heterocycles. The van der Waals surface area contributed by atoms with Crippen LogP contribution >= 0.6 is 0 Å². The Balaban J connectivity index is 1.34. The third-order valence-electron chi connectivity index (χ3n) is 5.26. The fourth-order valence-electron chi connectivity index (χ4n) is 3.77. The summed E-state index contributed by atoms with van der Waals surface area (Å²) in [5.74, 6) is 0. The average molecular weight is 357 g/mol. The van der Waals surface area contributed by atoms with Gasteiger partial charge < -0.3 is 10.1 Å². The second kappa shape index (κ2) is 7.58. The third-order valence-corrected chi connectivity index (χ3v) is 5.26. The lowest BCUT2D eigenvalue weighted by Gasteiger charge is -2.28. The first-order valence-electron chi connectivity index (χ1n) is 9.72. The molecule has 1 N–H and O–H groups in total.